The maximum atomic E-state index is 5.44. The van der Waals surface area contributed by atoms with Crippen molar-refractivity contribution in [2.75, 3.05) is 13.1 Å². The van der Waals surface area contributed by atoms with Crippen LogP contribution in [0.3, 0.4) is 0 Å². The van der Waals surface area contributed by atoms with E-state index in [2.05, 4.69) is 35.5 Å². The molecule has 16 heavy (non-hydrogen) atoms. The average molecular weight is 254 g/mol. The van der Waals surface area contributed by atoms with Gasteiger partial charge in [0.1, 0.15) is 0 Å². The normalized spacial score (nSPS) is 19.4. The van der Waals surface area contributed by atoms with Crippen LogP contribution in [-0.4, -0.2) is 23.1 Å². The molecule has 0 aliphatic carbocycles. The summed E-state index contributed by atoms with van der Waals surface area (Å²) in [4.78, 5) is 3.84. The van der Waals surface area contributed by atoms with Gasteiger partial charge in [0.15, 0.2) is 5.11 Å². The summed E-state index contributed by atoms with van der Waals surface area (Å²) in [5.41, 5.74) is 1.46. The molecular weight excluding hydrogens is 236 g/mol. The molecule has 1 aliphatic heterocycles. The standard InChI is InChI=1S/C12H18N2S2/c1-3-6-13-12(15)14-7-4-11-10(9(14)2)5-8-16-11/h5,8-9H,3-4,6-7H2,1-2H3,(H,13,15). The smallest absolute Gasteiger partial charge is 0.169 e. The number of nitrogens with one attached hydrogen (secondary N) is 1. The second-order valence-electron chi connectivity index (χ2n) is 4.15. The van der Waals surface area contributed by atoms with Crippen molar-refractivity contribution < 1.29 is 0 Å². The molecule has 0 saturated heterocycles. The molecule has 2 nitrogen and oxygen atoms in total. The summed E-state index contributed by atoms with van der Waals surface area (Å²) in [6.45, 7) is 6.42. The van der Waals surface area contributed by atoms with Crippen LogP contribution in [0.4, 0.5) is 0 Å². The predicted octanol–water partition coefficient (Wildman–Crippen LogP) is 2.95. The Bertz CT molecular complexity index is 373. The molecule has 1 aromatic heterocycles. The van der Waals surface area contributed by atoms with Gasteiger partial charge in [-0.2, -0.15) is 0 Å². The number of nitrogens with zero attached hydrogens (tertiary/aromatic N) is 1. The summed E-state index contributed by atoms with van der Waals surface area (Å²) in [7, 11) is 0. The van der Waals surface area contributed by atoms with Gasteiger partial charge in [0.05, 0.1) is 6.04 Å². The third-order valence-corrected chi connectivity index (χ3v) is 4.44. The molecule has 0 saturated carbocycles. The van der Waals surface area contributed by atoms with Crippen molar-refractivity contribution in [3.8, 4) is 0 Å². The lowest BCUT2D eigenvalue weighted by Gasteiger charge is -2.35. The second kappa shape index (κ2) is 5.15. The number of thiocarbonyl (C=S) groups is 1. The zero-order chi connectivity index (χ0) is 11.5. The molecular formula is C12H18N2S2. The highest BCUT2D eigenvalue weighted by atomic mass is 32.1. The van der Waals surface area contributed by atoms with Crippen LogP contribution in [-0.2, 0) is 6.42 Å². The lowest BCUT2D eigenvalue weighted by atomic mass is 10.0. The van der Waals surface area contributed by atoms with E-state index in [4.69, 9.17) is 12.2 Å². The summed E-state index contributed by atoms with van der Waals surface area (Å²) in [5.74, 6) is 0. The van der Waals surface area contributed by atoms with Gasteiger partial charge in [-0.05, 0) is 49.0 Å². The third kappa shape index (κ3) is 2.23. The molecule has 0 radical (unpaired) electrons. The molecule has 0 fully saturated rings. The van der Waals surface area contributed by atoms with Gasteiger partial charge in [-0.3, -0.25) is 0 Å². The summed E-state index contributed by atoms with van der Waals surface area (Å²) in [5, 5.41) is 6.41. The van der Waals surface area contributed by atoms with Crippen LogP contribution < -0.4 is 5.32 Å². The highest BCUT2D eigenvalue weighted by molar-refractivity contribution is 7.80. The van der Waals surface area contributed by atoms with Gasteiger partial charge in [-0.25, -0.2) is 0 Å². The molecule has 1 aromatic rings. The van der Waals surface area contributed by atoms with Crippen LogP contribution >= 0.6 is 23.6 Å². The minimum atomic E-state index is 0.423. The van der Waals surface area contributed by atoms with E-state index in [1.807, 2.05) is 11.3 Å². The summed E-state index contributed by atoms with van der Waals surface area (Å²) in [6.07, 6.45) is 2.25. The fourth-order valence-corrected chi connectivity index (χ4v) is 3.43. The highest BCUT2D eigenvalue weighted by Gasteiger charge is 2.25. The number of fused-ring (bicyclic) bond motifs is 1. The van der Waals surface area contributed by atoms with E-state index in [0.717, 1.165) is 31.0 Å². The predicted molar refractivity (Wildman–Crippen MR) is 74.0 cm³/mol. The first-order chi connectivity index (χ1) is 7.74. The molecule has 2 heterocycles. The SMILES string of the molecule is CCCNC(=S)N1CCc2sccc2C1C. The Morgan fingerprint density at radius 3 is 3.25 bits per heavy atom. The van der Waals surface area contributed by atoms with Gasteiger partial charge in [0.2, 0.25) is 0 Å². The van der Waals surface area contributed by atoms with Crippen molar-refractivity contribution in [2.45, 2.75) is 32.7 Å². The molecule has 0 aromatic carbocycles. The topological polar surface area (TPSA) is 15.3 Å². The van der Waals surface area contributed by atoms with Gasteiger partial charge in [0, 0.05) is 18.0 Å². The van der Waals surface area contributed by atoms with Crippen molar-refractivity contribution in [3.63, 3.8) is 0 Å². The molecule has 1 N–H and O–H groups in total. The van der Waals surface area contributed by atoms with Crippen molar-refractivity contribution in [1.82, 2.24) is 10.2 Å². The van der Waals surface area contributed by atoms with Crippen molar-refractivity contribution in [3.05, 3.63) is 21.9 Å². The summed E-state index contributed by atoms with van der Waals surface area (Å²) in [6, 6.07) is 2.66. The van der Waals surface area contributed by atoms with Crippen molar-refractivity contribution in [2.24, 2.45) is 0 Å². The fraction of sp³-hybridized carbons (Fsp3) is 0.583. The van der Waals surface area contributed by atoms with Gasteiger partial charge >= 0.3 is 0 Å². The van der Waals surface area contributed by atoms with E-state index in [9.17, 15) is 0 Å². The van der Waals surface area contributed by atoms with Crippen LogP contribution in [0.2, 0.25) is 0 Å². The lowest BCUT2D eigenvalue weighted by molar-refractivity contribution is 0.317. The molecule has 88 valence electrons. The maximum Gasteiger partial charge on any atom is 0.169 e. The zero-order valence-electron chi connectivity index (χ0n) is 9.82. The van der Waals surface area contributed by atoms with Gasteiger partial charge in [0.25, 0.3) is 0 Å². The molecule has 1 atom stereocenters. The van der Waals surface area contributed by atoms with Crippen molar-refractivity contribution >= 4 is 28.7 Å². The highest BCUT2D eigenvalue weighted by Crippen LogP contribution is 2.32. The minimum Gasteiger partial charge on any atom is -0.363 e. The van der Waals surface area contributed by atoms with Gasteiger partial charge in [-0.15, -0.1) is 11.3 Å². The fourth-order valence-electron chi connectivity index (χ4n) is 2.12. The van der Waals surface area contributed by atoms with Gasteiger partial charge < -0.3 is 10.2 Å². The van der Waals surface area contributed by atoms with E-state index in [1.54, 1.807) is 0 Å². The van der Waals surface area contributed by atoms with Crippen LogP contribution in [0.25, 0.3) is 0 Å². The van der Waals surface area contributed by atoms with E-state index >= 15 is 0 Å². The Morgan fingerprint density at radius 1 is 1.69 bits per heavy atom. The first-order valence-corrected chi connectivity index (χ1v) is 7.13. The molecule has 0 bridgehead atoms. The lowest BCUT2D eigenvalue weighted by Crippen LogP contribution is -2.44. The van der Waals surface area contributed by atoms with E-state index in [0.29, 0.717) is 6.04 Å². The zero-order valence-corrected chi connectivity index (χ0v) is 11.5. The van der Waals surface area contributed by atoms with Crippen LogP contribution in [0.5, 0.6) is 0 Å². The Morgan fingerprint density at radius 2 is 2.50 bits per heavy atom. The average Bonchev–Trinajstić information content (AvgIpc) is 2.75. The van der Waals surface area contributed by atoms with Crippen LogP contribution in [0.1, 0.15) is 36.8 Å². The first-order valence-electron chi connectivity index (χ1n) is 5.84. The first kappa shape index (κ1) is 11.9. The molecule has 1 unspecified atom stereocenters. The second-order valence-corrected chi connectivity index (χ2v) is 5.54. The number of thiophene rings is 1. The number of hydrogen-bond donors (Lipinski definition) is 1. The van der Waals surface area contributed by atoms with Gasteiger partial charge in [-0.1, -0.05) is 6.92 Å². The quantitative estimate of drug-likeness (QED) is 0.817. The monoisotopic (exact) mass is 254 g/mol. The van der Waals surface area contributed by atoms with E-state index in [-0.39, 0.29) is 0 Å². The number of rotatable bonds is 2. The molecule has 4 heteroatoms. The molecule has 1 aliphatic rings. The molecule has 2 rings (SSSR count). The van der Waals surface area contributed by atoms with E-state index < -0.39 is 0 Å². The molecule has 0 amide bonds. The minimum absolute atomic E-state index is 0.423. The van der Waals surface area contributed by atoms with Crippen LogP contribution in [0, 0.1) is 0 Å². The Kier molecular flexibility index (Phi) is 3.82. The Labute approximate surface area is 107 Å². The largest absolute Gasteiger partial charge is 0.363 e. The number of hydrogen-bond acceptors (Lipinski definition) is 2. The summed E-state index contributed by atoms with van der Waals surface area (Å²) >= 11 is 7.31. The summed E-state index contributed by atoms with van der Waals surface area (Å²) < 4.78 is 0. The Balaban J connectivity index is 2.06. The van der Waals surface area contributed by atoms with E-state index in [1.165, 1.54) is 10.4 Å². The van der Waals surface area contributed by atoms with Crippen LogP contribution in [0.15, 0.2) is 11.4 Å². The molecule has 0 spiro atoms. The third-order valence-electron chi connectivity index (χ3n) is 3.06. The van der Waals surface area contributed by atoms with Crippen molar-refractivity contribution in [1.29, 1.82) is 0 Å². The Hall–Kier alpha value is -0.610. The maximum absolute atomic E-state index is 5.44.